The lowest BCUT2D eigenvalue weighted by Gasteiger charge is -2.29. The van der Waals surface area contributed by atoms with E-state index in [2.05, 4.69) is 26.4 Å². The highest BCUT2D eigenvalue weighted by atomic mass is 32.1. The molecule has 5 atom stereocenters. The predicted molar refractivity (Wildman–Crippen MR) is 191 cm³/mol. The monoisotopic (exact) mass is 710 g/mol. The van der Waals surface area contributed by atoms with E-state index in [-0.39, 0.29) is 54.9 Å². The standard InChI is InChI=1S/C35H62N6O7S/c1-12-26(17-30-37-25(11)19-49-30)33(45)40-41(35(47)48-23(8)9)14-13-29(43)38-27(15-20(2)3)28(42)16-24(10)32(44)39-31(22(6)7)34(46)36-18-21(4)5/h19-24,26-28,31,42H,12-18H2,1-11H3,(H,36,46)(H,38,43)(H,39,44)(H,40,45). The van der Waals surface area contributed by atoms with Crippen molar-refractivity contribution in [3.63, 3.8) is 0 Å². The molecule has 5 N–H and O–H groups in total. The van der Waals surface area contributed by atoms with Gasteiger partial charge in [-0.25, -0.2) is 14.8 Å². The van der Waals surface area contributed by atoms with Crippen molar-refractivity contribution in [2.24, 2.45) is 29.6 Å². The highest BCUT2D eigenvalue weighted by Gasteiger charge is 2.31. The van der Waals surface area contributed by atoms with Gasteiger partial charge in [0.25, 0.3) is 0 Å². The van der Waals surface area contributed by atoms with E-state index in [0.717, 1.165) is 15.7 Å². The summed E-state index contributed by atoms with van der Waals surface area (Å²) in [4.78, 5) is 69.6. The Morgan fingerprint density at radius 3 is 2.08 bits per heavy atom. The first-order valence-corrected chi connectivity index (χ1v) is 18.5. The lowest BCUT2D eigenvalue weighted by molar-refractivity contribution is -0.132. The number of aryl methyl sites for hydroxylation is 1. The summed E-state index contributed by atoms with van der Waals surface area (Å²) in [6.07, 6.45) is -1.02. The number of hydrogen-bond acceptors (Lipinski definition) is 9. The highest BCUT2D eigenvalue weighted by molar-refractivity contribution is 7.09. The van der Waals surface area contributed by atoms with Crippen LogP contribution in [0.4, 0.5) is 4.79 Å². The Bertz CT molecular complexity index is 1200. The third kappa shape index (κ3) is 16.8. The lowest BCUT2D eigenvalue weighted by atomic mass is 9.92. The number of thiazole rings is 1. The zero-order valence-electron chi connectivity index (χ0n) is 31.4. The van der Waals surface area contributed by atoms with Crippen LogP contribution in [0.5, 0.6) is 0 Å². The van der Waals surface area contributed by atoms with Gasteiger partial charge in [0.1, 0.15) is 6.04 Å². The molecule has 49 heavy (non-hydrogen) atoms. The van der Waals surface area contributed by atoms with Crippen molar-refractivity contribution in [1.29, 1.82) is 0 Å². The third-order valence-corrected chi connectivity index (χ3v) is 8.81. The summed E-state index contributed by atoms with van der Waals surface area (Å²) in [5, 5.41) is 23.5. The van der Waals surface area contributed by atoms with Crippen LogP contribution in [-0.2, 0) is 30.3 Å². The summed E-state index contributed by atoms with van der Waals surface area (Å²) >= 11 is 1.47. The van der Waals surface area contributed by atoms with Crippen LogP contribution in [-0.4, -0.2) is 82.2 Å². The first-order valence-electron chi connectivity index (χ1n) is 17.6. The minimum Gasteiger partial charge on any atom is -0.445 e. The molecule has 280 valence electrons. The topological polar surface area (TPSA) is 179 Å². The number of aliphatic hydroxyl groups excluding tert-OH is 1. The number of rotatable bonds is 20. The van der Waals surface area contributed by atoms with Crippen LogP contribution < -0.4 is 21.4 Å². The summed E-state index contributed by atoms with van der Waals surface area (Å²) in [7, 11) is 0. The van der Waals surface area contributed by atoms with Crippen molar-refractivity contribution in [2.45, 2.75) is 133 Å². The fourth-order valence-corrected chi connectivity index (χ4v) is 5.86. The van der Waals surface area contributed by atoms with Crippen LogP contribution in [0.15, 0.2) is 5.38 Å². The van der Waals surface area contributed by atoms with Crippen molar-refractivity contribution in [3.05, 3.63) is 16.1 Å². The smallest absolute Gasteiger partial charge is 0.428 e. The molecule has 1 aromatic rings. The molecule has 0 bridgehead atoms. The number of ether oxygens (including phenoxy) is 1. The van der Waals surface area contributed by atoms with Crippen molar-refractivity contribution in [3.8, 4) is 0 Å². The number of hydrogen-bond donors (Lipinski definition) is 5. The second kappa shape index (κ2) is 21.7. The SMILES string of the molecule is CCC(Cc1nc(C)cs1)C(=O)NN(CCC(=O)NC(CC(C)C)C(O)CC(C)C(=O)NC(C(=O)NCC(C)C)C(C)C)C(=O)OC(C)C. The van der Waals surface area contributed by atoms with Gasteiger partial charge in [-0.05, 0) is 57.8 Å². The van der Waals surface area contributed by atoms with Crippen LogP contribution in [0, 0.1) is 36.5 Å². The first kappa shape index (κ1) is 43.8. The Hall–Kier alpha value is -3.26. The zero-order chi connectivity index (χ0) is 37.4. The van der Waals surface area contributed by atoms with Crippen molar-refractivity contribution >= 4 is 41.1 Å². The average Bonchev–Trinajstić information content (AvgIpc) is 3.42. The molecule has 0 spiro atoms. The van der Waals surface area contributed by atoms with E-state index in [1.54, 1.807) is 20.8 Å². The predicted octanol–water partition coefficient (Wildman–Crippen LogP) is 4.12. The number of carbonyl (C=O) groups excluding carboxylic acids is 5. The van der Waals surface area contributed by atoms with Gasteiger partial charge in [-0.15, -0.1) is 11.3 Å². The van der Waals surface area contributed by atoms with Crippen LogP contribution in [0.2, 0.25) is 0 Å². The van der Waals surface area contributed by atoms with Gasteiger partial charge in [0.05, 0.1) is 29.8 Å². The van der Waals surface area contributed by atoms with E-state index in [0.29, 0.717) is 25.8 Å². The summed E-state index contributed by atoms with van der Waals surface area (Å²) in [5.41, 5.74) is 3.52. The van der Waals surface area contributed by atoms with Gasteiger partial charge in [-0.3, -0.25) is 24.6 Å². The van der Waals surface area contributed by atoms with E-state index in [4.69, 9.17) is 4.74 Å². The highest BCUT2D eigenvalue weighted by Crippen LogP contribution is 2.18. The number of nitrogens with zero attached hydrogens (tertiary/aromatic N) is 2. The molecule has 13 nitrogen and oxygen atoms in total. The normalized spacial score (nSPS) is 14.6. The van der Waals surface area contributed by atoms with Gasteiger partial charge >= 0.3 is 6.09 Å². The van der Waals surface area contributed by atoms with Gasteiger partial charge in [0.2, 0.25) is 23.6 Å². The van der Waals surface area contributed by atoms with E-state index in [1.807, 2.05) is 60.8 Å². The van der Waals surface area contributed by atoms with Gasteiger partial charge in [-0.1, -0.05) is 55.4 Å². The van der Waals surface area contributed by atoms with Crippen LogP contribution in [0.1, 0.15) is 106 Å². The molecule has 5 unspecified atom stereocenters. The molecule has 1 heterocycles. The largest absolute Gasteiger partial charge is 0.445 e. The molecule has 0 fully saturated rings. The maximum absolute atomic E-state index is 13.2. The fraction of sp³-hybridized carbons (Fsp3) is 0.771. The number of amides is 5. The number of carbonyl (C=O) groups is 5. The fourth-order valence-electron chi connectivity index (χ4n) is 5.00. The Kier molecular flexibility index (Phi) is 19.4. The molecule has 0 saturated carbocycles. The summed E-state index contributed by atoms with van der Waals surface area (Å²) in [6, 6.07) is -1.39. The second-order valence-corrected chi connectivity index (χ2v) is 15.3. The van der Waals surface area contributed by atoms with E-state index >= 15 is 0 Å². The second-order valence-electron chi connectivity index (χ2n) is 14.4. The van der Waals surface area contributed by atoms with Crippen molar-refractivity contribution in [1.82, 2.24) is 31.4 Å². The average molecular weight is 711 g/mol. The van der Waals surface area contributed by atoms with E-state index in [9.17, 15) is 29.1 Å². The maximum Gasteiger partial charge on any atom is 0.428 e. The Morgan fingerprint density at radius 2 is 1.57 bits per heavy atom. The molecule has 1 aromatic heterocycles. The maximum atomic E-state index is 13.2. The Morgan fingerprint density at radius 1 is 0.918 bits per heavy atom. The molecule has 0 radical (unpaired) electrons. The molecular weight excluding hydrogens is 648 g/mol. The molecule has 0 aliphatic rings. The van der Waals surface area contributed by atoms with Crippen LogP contribution in [0.3, 0.4) is 0 Å². The van der Waals surface area contributed by atoms with E-state index in [1.165, 1.54) is 11.3 Å². The molecule has 0 saturated heterocycles. The molecule has 0 aliphatic carbocycles. The van der Waals surface area contributed by atoms with Gasteiger partial charge in [0, 0.05) is 42.3 Å². The molecular formula is C35H62N6O7S. The quantitative estimate of drug-likeness (QED) is 0.125. The van der Waals surface area contributed by atoms with Gasteiger partial charge in [0.15, 0.2) is 0 Å². The van der Waals surface area contributed by atoms with E-state index < -0.39 is 48.1 Å². The van der Waals surface area contributed by atoms with Gasteiger partial charge in [-0.2, -0.15) is 0 Å². The molecule has 0 aromatic carbocycles. The lowest BCUT2D eigenvalue weighted by Crippen LogP contribution is -2.52. The Balaban J connectivity index is 2.92. The number of hydrazine groups is 1. The van der Waals surface area contributed by atoms with Crippen molar-refractivity contribution in [2.75, 3.05) is 13.1 Å². The number of aromatic nitrogens is 1. The molecule has 0 aliphatic heterocycles. The van der Waals surface area contributed by atoms with Crippen molar-refractivity contribution < 1.29 is 33.8 Å². The summed E-state index contributed by atoms with van der Waals surface area (Å²) in [6.45, 7) is 20.8. The first-order chi connectivity index (χ1) is 22.8. The molecule has 5 amide bonds. The number of aliphatic hydroxyl groups is 1. The zero-order valence-corrected chi connectivity index (χ0v) is 32.2. The van der Waals surface area contributed by atoms with Gasteiger partial charge < -0.3 is 25.8 Å². The Labute approximate surface area is 297 Å². The minimum absolute atomic E-state index is 0.0574. The van der Waals surface area contributed by atoms with Crippen LogP contribution >= 0.6 is 11.3 Å². The summed E-state index contributed by atoms with van der Waals surface area (Å²) < 4.78 is 5.33. The third-order valence-electron chi connectivity index (χ3n) is 7.83. The minimum atomic E-state index is -1.05. The number of nitrogens with one attached hydrogen (secondary N) is 4. The molecule has 1 rings (SSSR count). The summed E-state index contributed by atoms with van der Waals surface area (Å²) in [5.74, 6) is -2.28. The molecule has 14 heteroatoms. The van der Waals surface area contributed by atoms with Crippen LogP contribution in [0.25, 0.3) is 0 Å².